The molecule has 0 radical (unpaired) electrons. The van der Waals surface area contributed by atoms with Gasteiger partial charge in [-0.3, -0.25) is 19.9 Å². The van der Waals surface area contributed by atoms with Crippen molar-refractivity contribution in [2.45, 2.75) is 31.9 Å². The fraction of sp³-hybridized carbons (Fsp3) is 0.462. The highest BCUT2D eigenvalue weighted by Crippen LogP contribution is 2.37. The van der Waals surface area contributed by atoms with Gasteiger partial charge in [0.25, 0.3) is 5.69 Å². The van der Waals surface area contributed by atoms with Gasteiger partial charge in [0.05, 0.1) is 17.1 Å². The smallest absolute Gasteiger partial charge is 0.418 e. The lowest BCUT2D eigenvalue weighted by Crippen LogP contribution is -2.36. The quantitative estimate of drug-likeness (QED) is 0.343. The molecule has 1 unspecified atom stereocenters. The molecule has 0 aliphatic heterocycles. The predicted octanol–water partition coefficient (Wildman–Crippen LogP) is 2.42. The topological polar surface area (TPSA) is 99.4 Å². The van der Waals surface area contributed by atoms with E-state index >= 15 is 0 Å². The van der Waals surface area contributed by atoms with Gasteiger partial charge >= 0.3 is 12.1 Å². The highest BCUT2D eigenvalue weighted by atomic mass is 19.4. The molecule has 1 aromatic rings. The SMILES string of the molecule is CCOC(=O)C(C)(CC=O)c1ncc(C(F)(F)F)cc1[N+](=O)[O-]. The monoisotopic (exact) mass is 334 g/mol. The van der Waals surface area contributed by atoms with Gasteiger partial charge < -0.3 is 9.53 Å². The molecule has 0 N–H and O–H groups in total. The van der Waals surface area contributed by atoms with E-state index in [1.807, 2.05) is 0 Å². The molecule has 0 aliphatic carbocycles. The summed E-state index contributed by atoms with van der Waals surface area (Å²) in [4.78, 5) is 36.3. The molecule has 0 amide bonds. The van der Waals surface area contributed by atoms with Crippen LogP contribution in [-0.2, 0) is 25.9 Å². The average Bonchev–Trinajstić information content (AvgIpc) is 2.46. The lowest BCUT2D eigenvalue weighted by molar-refractivity contribution is -0.386. The van der Waals surface area contributed by atoms with Gasteiger partial charge in [0.15, 0.2) is 0 Å². The molecule has 23 heavy (non-hydrogen) atoms. The fourth-order valence-corrected chi connectivity index (χ4v) is 1.91. The van der Waals surface area contributed by atoms with Gasteiger partial charge in [0.1, 0.15) is 17.4 Å². The summed E-state index contributed by atoms with van der Waals surface area (Å²) < 4.78 is 42.8. The summed E-state index contributed by atoms with van der Waals surface area (Å²) in [6, 6.07) is 0.282. The normalized spacial score (nSPS) is 14.0. The van der Waals surface area contributed by atoms with E-state index in [1.165, 1.54) is 6.92 Å². The molecule has 0 aliphatic rings. The van der Waals surface area contributed by atoms with Crippen molar-refractivity contribution < 1.29 is 32.4 Å². The number of hydrogen-bond donors (Lipinski definition) is 0. The summed E-state index contributed by atoms with van der Waals surface area (Å²) in [5.41, 5.74) is -4.74. The van der Waals surface area contributed by atoms with Crippen molar-refractivity contribution in [1.29, 1.82) is 0 Å². The molecule has 0 saturated carbocycles. The second kappa shape index (κ2) is 6.71. The van der Waals surface area contributed by atoms with Gasteiger partial charge in [-0.25, -0.2) is 0 Å². The van der Waals surface area contributed by atoms with Crippen LogP contribution in [0.5, 0.6) is 0 Å². The minimum atomic E-state index is -4.83. The lowest BCUT2D eigenvalue weighted by Gasteiger charge is -2.24. The first-order valence-corrected chi connectivity index (χ1v) is 6.41. The number of halogens is 3. The molecular weight excluding hydrogens is 321 g/mol. The minimum absolute atomic E-state index is 0.0677. The molecule has 0 spiro atoms. The number of aldehydes is 1. The summed E-state index contributed by atoms with van der Waals surface area (Å²) in [5.74, 6) is -0.984. The third kappa shape index (κ3) is 3.82. The van der Waals surface area contributed by atoms with Crippen LogP contribution in [0.2, 0.25) is 0 Å². The molecule has 1 heterocycles. The zero-order valence-corrected chi connectivity index (χ0v) is 12.2. The number of rotatable bonds is 6. The van der Waals surface area contributed by atoms with E-state index in [0.29, 0.717) is 12.5 Å². The second-order valence-corrected chi connectivity index (χ2v) is 4.77. The predicted molar refractivity (Wildman–Crippen MR) is 70.6 cm³/mol. The van der Waals surface area contributed by atoms with Gasteiger partial charge in [-0.2, -0.15) is 13.2 Å². The van der Waals surface area contributed by atoms with Crippen molar-refractivity contribution in [3.8, 4) is 0 Å². The molecular formula is C13H13F3N2O5. The largest absolute Gasteiger partial charge is 0.465 e. The highest BCUT2D eigenvalue weighted by molar-refractivity contribution is 5.86. The van der Waals surface area contributed by atoms with Crippen molar-refractivity contribution in [2.24, 2.45) is 0 Å². The van der Waals surface area contributed by atoms with E-state index in [1.54, 1.807) is 0 Å². The summed E-state index contributed by atoms with van der Waals surface area (Å²) in [5, 5.41) is 11.1. The van der Waals surface area contributed by atoms with E-state index in [4.69, 9.17) is 4.74 Å². The lowest BCUT2D eigenvalue weighted by atomic mass is 9.82. The minimum Gasteiger partial charge on any atom is -0.465 e. The molecule has 1 aromatic heterocycles. The van der Waals surface area contributed by atoms with Crippen LogP contribution < -0.4 is 0 Å². The molecule has 1 rings (SSSR count). The molecule has 0 saturated heterocycles. The Kier molecular flexibility index (Phi) is 5.41. The molecule has 0 fully saturated rings. The highest BCUT2D eigenvalue weighted by Gasteiger charge is 2.44. The first-order valence-electron chi connectivity index (χ1n) is 6.41. The van der Waals surface area contributed by atoms with Gasteiger partial charge in [-0.05, 0) is 13.8 Å². The zero-order chi connectivity index (χ0) is 17.8. The summed E-state index contributed by atoms with van der Waals surface area (Å²) in [6.07, 6.45) is -4.66. The van der Waals surface area contributed by atoms with Crippen LogP contribution in [0.4, 0.5) is 18.9 Å². The Hall–Kier alpha value is -2.52. The first-order chi connectivity index (χ1) is 10.6. The molecule has 126 valence electrons. The first kappa shape index (κ1) is 18.5. The number of nitro groups is 1. The number of alkyl halides is 3. The summed E-state index contributed by atoms with van der Waals surface area (Å²) in [6.45, 7) is 2.57. The Balaban J connectivity index is 3.57. The van der Waals surface area contributed by atoms with Gasteiger partial charge in [-0.15, -0.1) is 0 Å². The van der Waals surface area contributed by atoms with Crippen molar-refractivity contribution in [3.63, 3.8) is 0 Å². The summed E-state index contributed by atoms with van der Waals surface area (Å²) >= 11 is 0. The number of pyridine rings is 1. The van der Waals surface area contributed by atoms with Gasteiger partial charge in [0, 0.05) is 18.7 Å². The number of hydrogen-bond acceptors (Lipinski definition) is 6. The van der Waals surface area contributed by atoms with Crippen molar-refractivity contribution in [1.82, 2.24) is 4.98 Å². The Bertz CT molecular complexity index is 633. The molecule has 10 heteroatoms. The van der Waals surface area contributed by atoms with E-state index in [0.717, 1.165) is 6.92 Å². The molecule has 7 nitrogen and oxygen atoms in total. The maximum Gasteiger partial charge on any atom is 0.418 e. The summed E-state index contributed by atoms with van der Waals surface area (Å²) in [7, 11) is 0. The van der Waals surface area contributed by atoms with Crippen molar-refractivity contribution in [2.75, 3.05) is 6.61 Å². The number of aromatic nitrogens is 1. The number of carbonyl (C=O) groups excluding carboxylic acids is 2. The van der Waals surface area contributed by atoms with Crippen LogP contribution in [-0.4, -0.2) is 28.8 Å². The van der Waals surface area contributed by atoms with Crippen LogP contribution in [0.1, 0.15) is 31.5 Å². The number of nitrogens with zero attached hydrogens (tertiary/aromatic N) is 2. The molecule has 0 aromatic carbocycles. The standard InChI is InChI=1S/C13H13F3N2O5/c1-3-23-11(20)12(2,4-5-19)10-9(18(21)22)6-8(7-17-10)13(14,15)16/h5-7H,3-4H2,1-2H3. The number of carbonyl (C=O) groups is 2. The Morgan fingerprint density at radius 2 is 2.09 bits per heavy atom. The van der Waals surface area contributed by atoms with Crippen LogP contribution in [0, 0.1) is 10.1 Å². The van der Waals surface area contributed by atoms with Crippen molar-refractivity contribution in [3.05, 3.63) is 33.6 Å². The van der Waals surface area contributed by atoms with E-state index in [2.05, 4.69) is 4.98 Å². The van der Waals surface area contributed by atoms with E-state index in [-0.39, 0.29) is 12.7 Å². The molecule has 1 atom stereocenters. The maximum absolute atomic E-state index is 12.7. The van der Waals surface area contributed by atoms with Crippen molar-refractivity contribution >= 4 is 17.9 Å². The van der Waals surface area contributed by atoms with E-state index < -0.39 is 45.8 Å². The third-order valence-corrected chi connectivity index (χ3v) is 3.13. The molecule has 0 bridgehead atoms. The zero-order valence-electron chi connectivity index (χ0n) is 12.2. The van der Waals surface area contributed by atoms with Gasteiger partial charge in [0.2, 0.25) is 0 Å². The number of ether oxygens (including phenoxy) is 1. The Morgan fingerprint density at radius 3 is 2.52 bits per heavy atom. The van der Waals surface area contributed by atoms with Crippen LogP contribution in [0.3, 0.4) is 0 Å². The second-order valence-electron chi connectivity index (χ2n) is 4.77. The number of esters is 1. The third-order valence-electron chi connectivity index (χ3n) is 3.13. The Labute approximate surface area is 128 Å². The average molecular weight is 334 g/mol. The van der Waals surface area contributed by atoms with Crippen LogP contribution >= 0.6 is 0 Å². The maximum atomic E-state index is 12.7. The van der Waals surface area contributed by atoms with Crippen LogP contribution in [0.15, 0.2) is 12.3 Å². The Morgan fingerprint density at radius 1 is 1.48 bits per heavy atom. The van der Waals surface area contributed by atoms with Crippen LogP contribution in [0.25, 0.3) is 0 Å². The van der Waals surface area contributed by atoms with E-state index in [9.17, 15) is 32.9 Å². The van der Waals surface area contributed by atoms with Gasteiger partial charge in [-0.1, -0.05) is 0 Å². The fourth-order valence-electron chi connectivity index (χ4n) is 1.91.